The lowest BCUT2D eigenvalue weighted by Gasteiger charge is -2.10. The van der Waals surface area contributed by atoms with Crippen molar-refractivity contribution >= 4 is 6.29 Å². The second-order valence-electron chi connectivity index (χ2n) is 3.02. The van der Waals surface area contributed by atoms with Gasteiger partial charge in [-0.25, -0.2) is 0 Å². The van der Waals surface area contributed by atoms with Crippen molar-refractivity contribution in [3.63, 3.8) is 0 Å². The predicted molar refractivity (Wildman–Crippen MR) is 45.9 cm³/mol. The van der Waals surface area contributed by atoms with Gasteiger partial charge in [-0.15, -0.1) is 0 Å². The lowest BCUT2D eigenvalue weighted by atomic mass is 10.0. The van der Waals surface area contributed by atoms with E-state index in [0.717, 1.165) is 6.07 Å². The van der Waals surface area contributed by atoms with Crippen LogP contribution in [-0.2, 0) is 17.4 Å². The number of carbonyl (C=O) groups excluding carboxylic acids is 1. The van der Waals surface area contributed by atoms with Gasteiger partial charge in [-0.2, -0.15) is 13.2 Å². The molecule has 0 bridgehead atoms. The number of aldehydes is 1. The van der Waals surface area contributed by atoms with E-state index in [4.69, 9.17) is 0 Å². The zero-order chi connectivity index (χ0) is 10.8. The number of rotatable bonds is 2. The van der Waals surface area contributed by atoms with Crippen molar-refractivity contribution in [1.29, 1.82) is 0 Å². The standard InChI is InChI=1S/C10H9F3O/c1-7-2-3-8(4-5-14)6-9(7)10(11,12)13/h2-3,5-6H,4H2,1H3. The van der Waals surface area contributed by atoms with E-state index < -0.39 is 11.7 Å². The van der Waals surface area contributed by atoms with E-state index in [1.807, 2.05) is 0 Å². The maximum absolute atomic E-state index is 12.4. The Morgan fingerprint density at radius 2 is 2.00 bits per heavy atom. The molecular formula is C10H9F3O. The molecular weight excluding hydrogens is 193 g/mol. The molecule has 0 heterocycles. The first-order valence-electron chi connectivity index (χ1n) is 4.05. The normalized spacial score (nSPS) is 11.4. The monoisotopic (exact) mass is 202 g/mol. The van der Waals surface area contributed by atoms with Gasteiger partial charge in [0.1, 0.15) is 6.29 Å². The highest BCUT2D eigenvalue weighted by atomic mass is 19.4. The second-order valence-corrected chi connectivity index (χ2v) is 3.02. The Labute approximate surface area is 79.5 Å². The SMILES string of the molecule is Cc1ccc(CC=O)cc1C(F)(F)F. The summed E-state index contributed by atoms with van der Waals surface area (Å²) in [6, 6.07) is 3.92. The van der Waals surface area contributed by atoms with Gasteiger partial charge >= 0.3 is 6.18 Å². The van der Waals surface area contributed by atoms with Crippen LogP contribution in [0.4, 0.5) is 13.2 Å². The number of hydrogen-bond acceptors (Lipinski definition) is 1. The predicted octanol–water partition coefficient (Wildman–Crippen LogP) is 2.76. The fourth-order valence-corrected chi connectivity index (χ4v) is 1.20. The number of benzene rings is 1. The minimum absolute atomic E-state index is 0.0172. The molecule has 0 N–H and O–H groups in total. The molecule has 1 aromatic rings. The minimum atomic E-state index is -4.34. The third kappa shape index (κ3) is 2.34. The lowest BCUT2D eigenvalue weighted by Crippen LogP contribution is -2.08. The second kappa shape index (κ2) is 3.82. The molecule has 1 aromatic carbocycles. The van der Waals surface area contributed by atoms with E-state index in [1.165, 1.54) is 19.1 Å². The molecule has 0 spiro atoms. The van der Waals surface area contributed by atoms with Gasteiger partial charge in [-0.3, -0.25) is 0 Å². The molecule has 1 nitrogen and oxygen atoms in total. The summed E-state index contributed by atoms with van der Waals surface area (Å²) in [6.07, 6.45) is -3.74. The van der Waals surface area contributed by atoms with Gasteiger partial charge in [-0.05, 0) is 24.1 Å². The van der Waals surface area contributed by atoms with Crippen molar-refractivity contribution in [2.24, 2.45) is 0 Å². The van der Waals surface area contributed by atoms with Crippen molar-refractivity contribution in [2.75, 3.05) is 0 Å². The fourth-order valence-electron chi connectivity index (χ4n) is 1.20. The molecule has 0 fully saturated rings. The third-order valence-electron chi connectivity index (χ3n) is 1.93. The van der Waals surface area contributed by atoms with Crippen molar-refractivity contribution in [2.45, 2.75) is 19.5 Å². The van der Waals surface area contributed by atoms with E-state index in [-0.39, 0.29) is 12.0 Å². The average molecular weight is 202 g/mol. The van der Waals surface area contributed by atoms with Gasteiger partial charge in [0.05, 0.1) is 5.56 Å². The van der Waals surface area contributed by atoms with Crippen molar-refractivity contribution in [3.05, 3.63) is 34.9 Å². The van der Waals surface area contributed by atoms with Gasteiger partial charge in [-0.1, -0.05) is 12.1 Å². The van der Waals surface area contributed by atoms with Crippen LogP contribution in [0.1, 0.15) is 16.7 Å². The highest BCUT2D eigenvalue weighted by Gasteiger charge is 2.32. The van der Waals surface area contributed by atoms with Crippen LogP contribution in [0.5, 0.6) is 0 Å². The summed E-state index contributed by atoms with van der Waals surface area (Å²) >= 11 is 0. The van der Waals surface area contributed by atoms with Gasteiger partial charge in [0, 0.05) is 6.42 Å². The lowest BCUT2D eigenvalue weighted by molar-refractivity contribution is -0.138. The summed E-state index contributed by atoms with van der Waals surface area (Å²) < 4.78 is 37.1. The molecule has 0 aromatic heterocycles. The van der Waals surface area contributed by atoms with Crippen LogP contribution in [0, 0.1) is 6.92 Å². The van der Waals surface area contributed by atoms with Crippen LogP contribution >= 0.6 is 0 Å². The molecule has 1 rings (SSSR count). The Bertz CT molecular complexity index is 342. The number of alkyl halides is 3. The maximum atomic E-state index is 12.4. The zero-order valence-corrected chi connectivity index (χ0v) is 7.56. The van der Waals surface area contributed by atoms with E-state index in [9.17, 15) is 18.0 Å². The van der Waals surface area contributed by atoms with Gasteiger partial charge in [0.15, 0.2) is 0 Å². The van der Waals surface area contributed by atoms with E-state index in [2.05, 4.69) is 0 Å². The van der Waals surface area contributed by atoms with Crippen LogP contribution in [0.15, 0.2) is 18.2 Å². The molecule has 0 atom stereocenters. The topological polar surface area (TPSA) is 17.1 Å². The number of carbonyl (C=O) groups is 1. The van der Waals surface area contributed by atoms with Crippen LogP contribution in [0.25, 0.3) is 0 Å². The molecule has 0 saturated carbocycles. The van der Waals surface area contributed by atoms with E-state index in [0.29, 0.717) is 11.8 Å². The van der Waals surface area contributed by atoms with Crippen LogP contribution in [-0.4, -0.2) is 6.29 Å². The molecule has 14 heavy (non-hydrogen) atoms. The molecule has 0 aliphatic heterocycles. The number of hydrogen-bond donors (Lipinski definition) is 0. The largest absolute Gasteiger partial charge is 0.416 e. The maximum Gasteiger partial charge on any atom is 0.416 e. The first-order valence-corrected chi connectivity index (χ1v) is 4.05. The quantitative estimate of drug-likeness (QED) is 0.674. The summed E-state index contributed by atoms with van der Waals surface area (Å²) in [5.41, 5.74) is -0.109. The molecule has 0 unspecified atom stereocenters. The van der Waals surface area contributed by atoms with Crippen molar-refractivity contribution < 1.29 is 18.0 Å². The molecule has 76 valence electrons. The van der Waals surface area contributed by atoms with Crippen LogP contribution in [0.2, 0.25) is 0 Å². The minimum Gasteiger partial charge on any atom is -0.303 e. The Balaban J connectivity index is 3.15. The van der Waals surface area contributed by atoms with Gasteiger partial charge in [0.25, 0.3) is 0 Å². The smallest absolute Gasteiger partial charge is 0.303 e. The van der Waals surface area contributed by atoms with Crippen molar-refractivity contribution in [1.82, 2.24) is 0 Å². The Hall–Kier alpha value is -1.32. The Morgan fingerprint density at radius 1 is 1.36 bits per heavy atom. The van der Waals surface area contributed by atoms with Crippen LogP contribution in [0.3, 0.4) is 0 Å². The fraction of sp³-hybridized carbons (Fsp3) is 0.300. The molecule has 0 amide bonds. The summed E-state index contributed by atoms with van der Waals surface area (Å²) in [5, 5.41) is 0. The third-order valence-corrected chi connectivity index (χ3v) is 1.93. The molecule has 4 heteroatoms. The summed E-state index contributed by atoms with van der Waals surface area (Å²) in [7, 11) is 0. The van der Waals surface area contributed by atoms with Gasteiger partial charge in [0.2, 0.25) is 0 Å². The van der Waals surface area contributed by atoms with Gasteiger partial charge < -0.3 is 4.79 Å². The highest BCUT2D eigenvalue weighted by molar-refractivity contribution is 5.55. The van der Waals surface area contributed by atoms with Crippen molar-refractivity contribution in [3.8, 4) is 0 Å². The summed E-state index contributed by atoms with van der Waals surface area (Å²) in [4.78, 5) is 10.1. The first kappa shape index (κ1) is 10.8. The number of aryl methyl sites for hydroxylation is 1. The Morgan fingerprint density at radius 3 is 2.50 bits per heavy atom. The molecule has 0 saturated heterocycles. The van der Waals surface area contributed by atoms with Crippen LogP contribution < -0.4 is 0 Å². The average Bonchev–Trinajstić information content (AvgIpc) is 2.07. The highest BCUT2D eigenvalue weighted by Crippen LogP contribution is 2.32. The van der Waals surface area contributed by atoms with E-state index in [1.54, 1.807) is 0 Å². The first-order chi connectivity index (χ1) is 6.45. The zero-order valence-electron chi connectivity index (χ0n) is 7.56. The summed E-state index contributed by atoms with van der Waals surface area (Å²) in [5.74, 6) is 0. The molecule has 0 radical (unpaired) electrons. The Kier molecular flexibility index (Phi) is 2.93. The summed E-state index contributed by atoms with van der Waals surface area (Å²) in [6.45, 7) is 1.40. The molecule has 0 aliphatic carbocycles. The molecule has 0 aliphatic rings. The van der Waals surface area contributed by atoms with E-state index >= 15 is 0 Å². The number of halogens is 3.